The quantitative estimate of drug-likeness (QED) is 0.844. The Hall–Kier alpha value is -2.05. The van der Waals surface area contributed by atoms with Gasteiger partial charge in [-0.3, -0.25) is 9.69 Å². The molecule has 1 aliphatic heterocycles. The van der Waals surface area contributed by atoms with Gasteiger partial charge in [-0.15, -0.1) is 0 Å². The average molecular weight is 301 g/mol. The summed E-state index contributed by atoms with van der Waals surface area (Å²) in [4.78, 5) is 23.6. The first kappa shape index (κ1) is 15.3. The lowest BCUT2D eigenvalue weighted by Crippen LogP contribution is -2.53. The van der Waals surface area contributed by atoms with Crippen LogP contribution < -0.4 is 0 Å². The van der Waals surface area contributed by atoms with Crippen LogP contribution in [0.25, 0.3) is 0 Å². The van der Waals surface area contributed by atoms with Crippen LogP contribution >= 0.6 is 0 Å². The monoisotopic (exact) mass is 301 g/mol. The summed E-state index contributed by atoms with van der Waals surface area (Å²) in [6, 6.07) is 6.56. The first-order valence-corrected chi connectivity index (χ1v) is 6.43. The molecule has 114 valence electrons. The highest BCUT2D eigenvalue weighted by molar-refractivity contribution is 5.82. The van der Waals surface area contributed by atoms with Crippen LogP contribution in [0.1, 0.15) is 18.4 Å². The maximum absolute atomic E-state index is 12.9. The van der Waals surface area contributed by atoms with Crippen LogP contribution in [0.5, 0.6) is 0 Å². The largest absolute Gasteiger partial charge is 0.445 e. The normalized spacial score (nSPS) is 19.5. The van der Waals surface area contributed by atoms with Gasteiger partial charge in [-0.2, -0.15) is 13.2 Å². The van der Waals surface area contributed by atoms with Gasteiger partial charge in [0, 0.05) is 19.4 Å². The van der Waals surface area contributed by atoms with E-state index in [2.05, 4.69) is 0 Å². The van der Waals surface area contributed by atoms with Crippen molar-refractivity contribution in [2.24, 2.45) is 0 Å². The molecule has 2 rings (SSSR count). The minimum absolute atomic E-state index is 0.0764. The van der Waals surface area contributed by atoms with Gasteiger partial charge in [-0.05, 0) is 5.56 Å². The molecular weight excluding hydrogens is 287 g/mol. The maximum atomic E-state index is 12.9. The molecule has 1 saturated heterocycles. The number of halogens is 3. The lowest BCUT2D eigenvalue weighted by atomic mass is 10.0. The van der Waals surface area contributed by atoms with Gasteiger partial charge in [0.05, 0.1) is 0 Å². The molecule has 0 aliphatic carbocycles. The summed E-state index contributed by atoms with van der Waals surface area (Å²) >= 11 is 0. The fourth-order valence-corrected chi connectivity index (χ4v) is 2.14. The van der Waals surface area contributed by atoms with Crippen molar-refractivity contribution in [3.8, 4) is 0 Å². The van der Waals surface area contributed by atoms with Crippen LogP contribution in [0, 0.1) is 0 Å². The van der Waals surface area contributed by atoms with E-state index in [0.29, 0.717) is 10.5 Å². The highest BCUT2D eigenvalue weighted by atomic mass is 19.4. The highest BCUT2D eigenvalue weighted by Gasteiger charge is 2.48. The number of piperidine rings is 1. The summed E-state index contributed by atoms with van der Waals surface area (Å²) in [5, 5.41) is 0. The van der Waals surface area contributed by atoms with Crippen molar-refractivity contribution < 1.29 is 27.5 Å². The molecule has 1 aromatic carbocycles. The number of alkyl halides is 3. The van der Waals surface area contributed by atoms with Gasteiger partial charge in [-0.25, -0.2) is 4.79 Å². The Balaban J connectivity index is 2.01. The molecule has 1 amide bonds. The van der Waals surface area contributed by atoms with Gasteiger partial charge in [0.15, 0.2) is 0 Å². The van der Waals surface area contributed by atoms with Crippen molar-refractivity contribution in [1.82, 2.24) is 4.90 Å². The van der Waals surface area contributed by atoms with Gasteiger partial charge in [0.2, 0.25) is 0 Å². The number of amides is 1. The molecule has 0 bridgehead atoms. The van der Waals surface area contributed by atoms with Gasteiger partial charge < -0.3 is 4.74 Å². The molecule has 7 heteroatoms. The molecule has 0 N–H and O–H groups in total. The smallest absolute Gasteiger partial charge is 0.410 e. The number of hydrogen-bond acceptors (Lipinski definition) is 3. The molecule has 0 saturated carbocycles. The SMILES string of the molecule is O=C1CCN(C(=O)OCc2ccccc2)[C@@H](C(F)(F)F)C1. The summed E-state index contributed by atoms with van der Waals surface area (Å²) in [6.07, 6.45) is -6.47. The second kappa shape index (κ2) is 6.15. The fourth-order valence-electron chi connectivity index (χ4n) is 2.14. The number of likely N-dealkylation sites (tertiary alicyclic amines) is 1. The van der Waals surface area contributed by atoms with E-state index >= 15 is 0 Å². The van der Waals surface area contributed by atoms with E-state index in [-0.39, 0.29) is 19.6 Å². The van der Waals surface area contributed by atoms with E-state index in [4.69, 9.17) is 4.74 Å². The van der Waals surface area contributed by atoms with Gasteiger partial charge in [0.1, 0.15) is 18.4 Å². The van der Waals surface area contributed by atoms with E-state index in [1.54, 1.807) is 30.3 Å². The van der Waals surface area contributed by atoms with Crippen molar-refractivity contribution in [1.29, 1.82) is 0 Å². The summed E-state index contributed by atoms with van der Waals surface area (Å²) in [6.45, 7) is -0.370. The molecule has 0 unspecified atom stereocenters. The third kappa shape index (κ3) is 3.96. The number of benzene rings is 1. The van der Waals surface area contributed by atoms with Gasteiger partial charge in [0.25, 0.3) is 0 Å². The van der Waals surface area contributed by atoms with E-state index in [1.165, 1.54) is 0 Å². The second-order valence-corrected chi connectivity index (χ2v) is 4.78. The lowest BCUT2D eigenvalue weighted by molar-refractivity contribution is -0.187. The predicted octanol–water partition coefficient (Wildman–Crippen LogP) is 2.92. The highest BCUT2D eigenvalue weighted by Crippen LogP contribution is 2.31. The number of ketones is 1. The Kier molecular flexibility index (Phi) is 4.50. The molecule has 1 atom stereocenters. The summed E-state index contributed by atoms with van der Waals surface area (Å²) in [5.74, 6) is -0.496. The molecule has 1 aliphatic rings. The Bertz CT molecular complexity index is 516. The molecule has 1 aromatic rings. The third-order valence-electron chi connectivity index (χ3n) is 3.25. The fraction of sp³-hybridized carbons (Fsp3) is 0.429. The van der Waals surface area contributed by atoms with E-state index in [0.717, 1.165) is 0 Å². The average Bonchev–Trinajstić information content (AvgIpc) is 2.45. The van der Waals surface area contributed by atoms with E-state index in [1.807, 2.05) is 0 Å². The van der Waals surface area contributed by atoms with Crippen LogP contribution in [-0.2, 0) is 16.1 Å². The summed E-state index contributed by atoms with van der Waals surface area (Å²) in [5.41, 5.74) is 0.683. The van der Waals surface area contributed by atoms with Gasteiger partial charge in [-0.1, -0.05) is 30.3 Å². The van der Waals surface area contributed by atoms with E-state index in [9.17, 15) is 22.8 Å². The molecule has 21 heavy (non-hydrogen) atoms. The number of hydrogen-bond donors (Lipinski definition) is 0. The standard InChI is InChI=1S/C14H14F3NO3/c15-14(16,17)12-8-11(19)6-7-18(12)13(20)21-9-10-4-2-1-3-5-10/h1-5,12H,6-9H2/t12-/m1/s1. The van der Waals surface area contributed by atoms with Crippen LogP contribution in [0.3, 0.4) is 0 Å². The summed E-state index contributed by atoms with van der Waals surface area (Å²) in [7, 11) is 0. The number of ether oxygens (including phenoxy) is 1. The third-order valence-corrected chi connectivity index (χ3v) is 3.25. The first-order valence-electron chi connectivity index (χ1n) is 6.43. The lowest BCUT2D eigenvalue weighted by Gasteiger charge is -2.35. The molecule has 0 spiro atoms. The summed E-state index contributed by atoms with van der Waals surface area (Å²) < 4.78 is 43.6. The van der Waals surface area contributed by atoms with Gasteiger partial charge >= 0.3 is 12.3 Å². The van der Waals surface area contributed by atoms with Crippen molar-refractivity contribution in [3.63, 3.8) is 0 Å². The predicted molar refractivity (Wildman–Crippen MR) is 67.4 cm³/mol. The number of rotatable bonds is 2. The number of carbonyl (C=O) groups is 2. The molecule has 4 nitrogen and oxygen atoms in total. The Morgan fingerprint density at radius 2 is 1.95 bits per heavy atom. The molecule has 1 heterocycles. The van der Waals surface area contributed by atoms with Crippen molar-refractivity contribution in [3.05, 3.63) is 35.9 Å². The maximum Gasteiger partial charge on any atom is 0.410 e. The zero-order chi connectivity index (χ0) is 15.5. The van der Waals surface area contributed by atoms with Crippen molar-refractivity contribution >= 4 is 11.9 Å². The number of Topliss-reactive ketones (excluding diaryl/α,β-unsaturated/α-hetero) is 1. The Morgan fingerprint density at radius 3 is 2.57 bits per heavy atom. The van der Waals surface area contributed by atoms with Crippen LogP contribution in [0.2, 0.25) is 0 Å². The topological polar surface area (TPSA) is 46.6 Å². The Labute approximate surface area is 119 Å². The van der Waals surface area contributed by atoms with Crippen LogP contribution in [0.4, 0.5) is 18.0 Å². The zero-order valence-corrected chi connectivity index (χ0v) is 11.1. The molecule has 1 fully saturated rings. The minimum atomic E-state index is -4.64. The first-order chi connectivity index (χ1) is 9.88. The second-order valence-electron chi connectivity index (χ2n) is 4.78. The molecule has 0 radical (unpaired) electrons. The van der Waals surface area contributed by atoms with Crippen LogP contribution in [-0.4, -0.2) is 35.5 Å². The molecule has 0 aromatic heterocycles. The number of nitrogens with zero attached hydrogens (tertiary/aromatic N) is 1. The van der Waals surface area contributed by atoms with Crippen LogP contribution in [0.15, 0.2) is 30.3 Å². The number of carbonyl (C=O) groups excluding carboxylic acids is 2. The minimum Gasteiger partial charge on any atom is -0.445 e. The molecular formula is C14H14F3NO3. The van der Waals surface area contributed by atoms with Crippen molar-refractivity contribution in [2.45, 2.75) is 31.7 Å². The Morgan fingerprint density at radius 1 is 1.29 bits per heavy atom. The van der Waals surface area contributed by atoms with Crippen molar-refractivity contribution in [2.75, 3.05) is 6.54 Å². The van der Waals surface area contributed by atoms with E-state index < -0.39 is 30.5 Å². The zero-order valence-electron chi connectivity index (χ0n) is 11.1.